The predicted octanol–water partition coefficient (Wildman–Crippen LogP) is 15.4. The van der Waals surface area contributed by atoms with Gasteiger partial charge in [-0.15, -0.1) is 22.7 Å². The molecule has 0 saturated heterocycles. The van der Waals surface area contributed by atoms with Crippen LogP contribution in [0.1, 0.15) is 0 Å². The van der Waals surface area contributed by atoms with Crippen LogP contribution in [0.15, 0.2) is 182 Å². The van der Waals surface area contributed by atoms with Crippen molar-refractivity contribution >= 4 is 85.2 Å². The number of thiophene rings is 2. The number of fused-ring (bicyclic) bond motifs is 7. The van der Waals surface area contributed by atoms with E-state index in [4.69, 9.17) is 0 Å². The van der Waals surface area contributed by atoms with E-state index in [1.165, 1.54) is 106 Å². The van der Waals surface area contributed by atoms with E-state index < -0.39 is 0 Å². The molecule has 0 radical (unpaired) electrons. The molecule has 0 atom stereocenters. The van der Waals surface area contributed by atoms with E-state index in [0.29, 0.717) is 0 Å². The molecule has 0 unspecified atom stereocenters. The quantitative estimate of drug-likeness (QED) is 0.161. The maximum atomic E-state index is 2.48. The summed E-state index contributed by atoms with van der Waals surface area (Å²) in [6.45, 7) is 0. The second kappa shape index (κ2) is 11.7. The number of hydrogen-bond donors (Lipinski definition) is 0. The zero-order valence-corrected chi connectivity index (χ0v) is 29.8. The van der Waals surface area contributed by atoms with Gasteiger partial charge in [-0.05, 0) is 90.0 Å². The molecular weight excluding hydrogens is 665 g/mol. The molecular formula is C50H30S2. The van der Waals surface area contributed by atoms with Gasteiger partial charge in [0.1, 0.15) is 0 Å². The standard InChI is InChI=1S/C50H30S2/c1-3-15-32(16-4-1)47-41-29-44-42(30-45(41)52-50(47)33-17-5-2-6-18-33)49-40(24-13-25-43(49)51-44)48-38-22-11-9-20-36(38)46(37-21-10-12-23-39(37)48)35-27-26-31-14-7-8-19-34(31)28-35/h1-30H. The number of rotatable bonds is 4. The first-order valence-corrected chi connectivity index (χ1v) is 19.4. The van der Waals surface area contributed by atoms with Crippen molar-refractivity contribution in [3.05, 3.63) is 182 Å². The number of hydrogen-bond acceptors (Lipinski definition) is 2. The summed E-state index contributed by atoms with van der Waals surface area (Å²) in [4.78, 5) is 1.32. The fourth-order valence-corrected chi connectivity index (χ4v) is 10.8. The third-order valence-corrected chi connectivity index (χ3v) is 13.0. The van der Waals surface area contributed by atoms with Gasteiger partial charge in [-0.3, -0.25) is 0 Å². The maximum Gasteiger partial charge on any atom is 0.0433 e. The smallest absolute Gasteiger partial charge is 0.0433 e. The van der Waals surface area contributed by atoms with Crippen LogP contribution in [0.5, 0.6) is 0 Å². The van der Waals surface area contributed by atoms with Gasteiger partial charge in [0, 0.05) is 40.7 Å². The molecule has 0 N–H and O–H groups in total. The number of benzene rings is 9. The van der Waals surface area contributed by atoms with Crippen LogP contribution < -0.4 is 0 Å². The van der Waals surface area contributed by atoms with Crippen LogP contribution in [0, 0.1) is 0 Å². The Morgan fingerprint density at radius 3 is 1.58 bits per heavy atom. The Bertz CT molecular complexity index is 3110. The summed E-state index contributed by atoms with van der Waals surface area (Å²) in [6.07, 6.45) is 0. The molecule has 0 spiro atoms. The molecule has 9 aromatic carbocycles. The fourth-order valence-electron chi connectivity index (χ4n) is 8.38. The van der Waals surface area contributed by atoms with E-state index in [2.05, 4.69) is 182 Å². The van der Waals surface area contributed by atoms with Crippen LogP contribution in [0.4, 0.5) is 0 Å². The summed E-state index contributed by atoms with van der Waals surface area (Å²) in [7, 11) is 0. The summed E-state index contributed by atoms with van der Waals surface area (Å²) >= 11 is 3.82. The van der Waals surface area contributed by atoms with Gasteiger partial charge in [0.15, 0.2) is 0 Å². The SMILES string of the molecule is c1ccc(-c2sc3cc4c(cc3c2-c2ccccc2)sc2cccc(-c3c5ccccc5c(-c5ccc6ccccc6c5)c5ccccc35)c24)cc1. The Hall–Kier alpha value is -6.06. The monoisotopic (exact) mass is 694 g/mol. The first-order chi connectivity index (χ1) is 25.8. The van der Waals surface area contributed by atoms with Crippen molar-refractivity contribution in [3.63, 3.8) is 0 Å². The molecule has 0 bridgehead atoms. The minimum atomic E-state index is 1.25. The largest absolute Gasteiger partial charge is 0.135 e. The molecule has 0 fully saturated rings. The van der Waals surface area contributed by atoms with Crippen molar-refractivity contribution in [1.29, 1.82) is 0 Å². The van der Waals surface area contributed by atoms with E-state index in [1.807, 2.05) is 22.7 Å². The van der Waals surface area contributed by atoms with E-state index in [9.17, 15) is 0 Å². The van der Waals surface area contributed by atoms with Crippen molar-refractivity contribution in [2.75, 3.05) is 0 Å². The molecule has 242 valence electrons. The van der Waals surface area contributed by atoms with E-state index in [0.717, 1.165) is 0 Å². The highest BCUT2D eigenvalue weighted by atomic mass is 32.1. The van der Waals surface area contributed by atoms with Crippen molar-refractivity contribution in [2.45, 2.75) is 0 Å². The van der Waals surface area contributed by atoms with Gasteiger partial charge >= 0.3 is 0 Å². The highest BCUT2D eigenvalue weighted by Gasteiger charge is 2.22. The lowest BCUT2D eigenvalue weighted by Gasteiger charge is -2.18. The van der Waals surface area contributed by atoms with E-state index in [1.54, 1.807) is 0 Å². The molecule has 0 aliphatic rings. The van der Waals surface area contributed by atoms with Crippen LogP contribution in [0.3, 0.4) is 0 Å². The topological polar surface area (TPSA) is 0 Å². The molecule has 0 aliphatic carbocycles. The summed E-state index contributed by atoms with van der Waals surface area (Å²) in [6, 6.07) is 67.2. The fraction of sp³-hybridized carbons (Fsp3) is 0. The lowest BCUT2D eigenvalue weighted by atomic mass is 9.84. The molecule has 52 heavy (non-hydrogen) atoms. The molecule has 2 heterocycles. The average Bonchev–Trinajstić information content (AvgIpc) is 3.77. The zero-order valence-electron chi connectivity index (χ0n) is 28.1. The second-order valence-corrected chi connectivity index (χ2v) is 15.7. The summed E-state index contributed by atoms with van der Waals surface area (Å²) < 4.78 is 3.97. The van der Waals surface area contributed by atoms with E-state index >= 15 is 0 Å². The highest BCUT2D eigenvalue weighted by Crippen LogP contribution is 2.51. The van der Waals surface area contributed by atoms with Crippen molar-refractivity contribution in [3.8, 4) is 43.8 Å². The second-order valence-electron chi connectivity index (χ2n) is 13.6. The van der Waals surface area contributed by atoms with Gasteiger partial charge in [0.2, 0.25) is 0 Å². The minimum absolute atomic E-state index is 1.25. The molecule has 0 aliphatic heterocycles. The van der Waals surface area contributed by atoms with Crippen LogP contribution in [-0.2, 0) is 0 Å². The first kappa shape index (κ1) is 29.6. The van der Waals surface area contributed by atoms with Gasteiger partial charge in [-0.1, -0.05) is 158 Å². The lowest BCUT2D eigenvalue weighted by Crippen LogP contribution is -1.91. The summed E-state index contributed by atoms with van der Waals surface area (Å²) in [5, 5.41) is 11.6. The Morgan fingerprint density at radius 1 is 0.288 bits per heavy atom. The third-order valence-electron chi connectivity index (χ3n) is 10.6. The van der Waals surface area contributed by atoms with Crippen molar-refractivity contribution in [2.24, 2.45) is 0 Å². The Balaban J connectivity index is 1.21. The molecule has 0 nitrogen and oxygen atoms in total. The first-order valence-electron chi connectivity index (χ1n) is 17.8. The van der Waals surface area contributed by atoms with Gasteiger partial charge in [0.25, 0.3) is 0 Å². The normalized spacial score (nSPS) is 11.8. The van der Waals surface area contributed by atoms with Gasteiger partial charge in [-0.2, -0.15) is 0 Å². The minimum Gasteiger partial charge on any atom is -0.135 e. The lowest BCUT2D eigenvalue weighted by molar-refractivity contribution is 1.66. The summed E-state index contributed by atoms with van der Waals surface area (Å²) in [5.74, 6) is 0. The Labute approximate surface area is 309 Å². The third kappa shape index (κ3) is 4.52. The summed E-state index contributed by atoms with van der Waals surface area (Å²) in [5.41, 5.74) is 9.00. The average molecular weight is 695 g/mol. The molecule has 2 aromatic heterocycles. The van der Waals surface area contributed by atoms with Crippen molar-refractivity contribution < 1.29 is 0 Å². The molecule has 2 heteroatoms. The molecule has 11 rings (SSSR count). The molecule has 0 saturated carbocycles. The van der Waals surface area contributed by atoms with Crippen LogP contribution in [-0.4, -0.2) is 0 Å². The van der Waals surface area contributed by atoms with Gasteiger partial charge < -0.3 is 0 Å². The predicted molar refractivity (Wildman–Crippen MR) is 229 cm³/mol. The van der Waals surface area contributed by atoms with Gasteiger partial charge in [0.05, 0.1) is 0 Å². The zero-order chi connectivity index (χ0) is 34.2. The Morgan fingerprint density at radius 2 is 0.865 bits per heavy atom. The van der Waals surface area contributed by atoms with Crippen LogP contribution >= 0.6 is 22.7 Å². The molecule has 0 amide bonds. The highest BCUT2D eigenvalue weighted by molar-refractivity contribution is 7.26. The molecule has 11 aromatic rings. The Kier molecular flexibility index (Phi) is 6.70. The van der Waals surface area contributed by atoms with E-state index in [-0.39, 0.29) is 0 Å². The van der Waals surface area contributed by atoms with Gasteiger partial charge in [-0.25, -0.2) is 0 Å². The van der Waals surface area contributed by atoms with Crippen LogP contribution in [0.25, 0.3) is 106 Å². The maximum absolute atomic E-state index is 2.48. The van der Waals surface area contributed by atoms with Crippen LogP contribution in [0.2, 0.25) is 0 Å². The van der Waals surface area contributed by atoms with Crippen molar-refractivity contribution in [1.82, 2.24) is 0 Å².